The van der Waals surface area contributed by atoms with Gasteiger partial charge in [-0.05, 0) is 29.3 Å². The Morgan fingerprint density at radius 2 is 2.32 bits per heavy atom. The molecule has 0 saturated carbocycles. The summed E-state index contributed by atoms with van der Waals surface area (Å²) in [5.74, 6) is 0.624. The summed E-state index contributed by atoms with van der Waals surface area (Å²) in [7, 11) is -3.59. The fraction of sp³-hybridized carbons (Fsp3) is 0.636. The van der Waals surface area contributed by atoms with Crippen LogP contribution in [0.25, 0.3) is 0 Å². The molecular weight excluding hydrogens is 336 g/mol. The monoisotopic (exact) mass is 352 g/mol. The van der Waals surface area contributed by atoms with Gasteiger partial charge in [0.2, 0.25) is 10.0 Å². The molecule has 1 aromatic rings. The Bertz CT molecular complexity index is 543. The standard InChI is InChI=1S/C11H17BrN2O4S/c1-7-8(2-3-17-7)6-14-19(15,16)10-4-9(5-13)18-11(10)12/h4,7-8,14H,2-3,5-6,13H2,1H3. The first-order valence-corrected chi connectivity index (χ1v) is 8.31. The minimum Gasteiger partial charge on any atom is -0.452 e. The van der Waals surface area contributed by atoms with Crippen LogP contribution in [0.2, 0.25) is 0 Å². The van der Waals surface area contributed by atoms with Crippen molar-refractivity contribution in [3.8, 4) is 0 Å². The van der Waals surface area contributed by atoms with E-state index in [1.807, 2.05) is 6.92 Å². The maximum atomic E-state index is 12.2. The van der Waals surface area contributed by atoms with Crippen molar-refractivity contribution >= 4 is 26.0 Å². The molecule has 6 nitrogen and oxygen atoms in total. The van der Waals surface area contributed by atoms with Gasteiger partial charge in [-0.15, -0.1) is 0 Å². The van der Waals surface area contributed by atoms with Crippen molar-refractivity contribution < 1.29 is 17.6 Å². The molecule has 1 fully saturated rings. The van der Waals surface area contributed by atoms with Crippen LogP contribution in [0.4, 0.5) is 0 Å². The molecule has 0 amide bonds. The summed E-state index contributed by atoms with van der Waals surface area (Å²) >= 11 is 3.09. The van der Waals surface area contributed by atoms with E-state index in [1.54, 1.807) is 0 Å². The predicted octanol–water partition coefficient (Wildman–Crippen LogP) is 1.20. The molecule has 2 rings (SSSR count). The predicted molar refractivity (Wildman–Crippen MR) is 73.0 cm³/mol. The van der Waals surface area contributed by atoms with E-state index in [4.69, 9.17) is 14.9 Å². The topological polar surface area (TPSA) is 94.6 Å². The van der Waals surface area contributed by atoms with E-state index >= 15 is 0 Å². The van der Waals surface area contributed by atoms with Crippen LogP contribution in [-0.2, 0) is 21.3 Å². The van der Waals surface area contributed by atoms with Gasteiger partial charge in [0.15, 0.2) is 4.67 Å². The molecule has 2 atom stereocenters. The summed E-state index contributed by atoms with van der Waals surface area (Å²) in [4.78, 5) is 0.0829. The molecule has 0 bridgehead atoms. The van der Waals surface area contributed by atoms with Gasteiger partial charge in [-0.3, -0.25) is 0 Å². The highest BCUT2D eigenvalue weighted by atomic mass is 79.9. The van der Waals surface area contributed by atoms with Gasteiger partial charge >= 0.3 is 0 Å². The molecule has 0 radical (unpaired) electrons. The van der Waals surface area contributed by atoms with E-state index < -0.39 is 10.0 Å². The van der Waals surface area contributed by atoms with E-state index in [1.165, 1.54) is 6.07 Å². The first-order chi connectivity index (χ1) is 8.94. The van der Waals surface area contributed by atoms with Gasteiger partial charge in [-0.1, -0.05) is 0 Å². The summed E-state index contributed by atoms with van der Waals surface area (Å²) < 4.78 is 37.7. The van der Waals surface area contributed by atoms with Crippen molar-refractivity contribution in [3.63, 3.8) is 0 Å². The van der Waals surface area contributed by atoms with Crippen LogP contribution in [0, 0.1) is 5.92 Å². The van der Waals surface area contributed by atoms with Gasteiger partial charge in [-0.25, -0.2) is 13.1 Å². The zero-order valence-electron chi connectivity index (χ0n) is 10.6. The van der Waals surface area contributed by atoms with Crippen LogP contribution in [0.15, 0.2) is 20.0 Å². The molecule has 2 heterocycles. The number of furan rings is 1. The highest BCUT2D eigenvalue weighted by Crippen LogP contribution is 2.26. The number of nitrogens with one attached hydrogen (secondary N) is 1. The van der Waals surface area contributed by atoms with Crippen molar-refractivity contribution in [1.29, 1.82) is 0 Å². The second-order valence-electron chi connectivity index (χ2n) is 4.53. The Hall–Kier alpha value is -0.410. The first-order valence-electron chi connectivity index (χ1n) is 6.03. The Labute approximate surface area is 120 Å². The number of hydrogen-bond acceptors (Lipinski definition) is 5. The fourth-order valence-corrected chi connectivity index (χ4v) is 4.11. The number of sulfonamides is 1. The van der Waals surface area contributed by atoms with Crippen LogP contribution < -0.4 is 10.5 Å². The fourth-order valence-electron chi connectivity index (χ4n) is 2.02. The summed E-state index contributed by atoms with van der Waals surface area (Å²) in [6.45, 7) is 3.15. The Kier molecular flexibility index (Phi) is 4.67. The van der Waals surface area contributed by atoms with E-state index in [0.29, 0.717) is 18.9 Å². The molecule has 8 heteroatoms. The maximum absolute atomic E-state index is 12.2. The zero-order valence-corrected chi connectivity index (χ0v) is 13.0. The van der Waals surface area contributed by atoms with Crippen molar-refractivity contribution in [2.24, 2.45) is 11.7 Å². The molecule has 19 heavy (non-hydrogen) atoms. The molecule has 1 aliphatic rings. The molecular formula is C11H17BrN2O4S. The normalized spacial score (nSPS) is 23.9. The lowest BCUT2D eigenvalue weighted by Gasteiger charge is -2.14. The molecule has 1 aliphatic heterocycles. The third kappa shape index (κ3) is 3.38. The third-order valence-corrected chi connectivity index (χ3v) is 5.55. The van der Waals surface area contributed by atoms with Crippen molar-refractivity contribution in [1.82, 2.24) is 4.72 Å². The number of ether oxygens (including phenoxy) is 1. The first kappa shape index (κ1) is 15.0. The molecule has 2 unspecified atom stereocenters. The molecule has 1 saturated heterocycles. The summed E-state index contributed by atoms with van der Waals surface area (Å²) in [5.41, 5.74) is 5.42. The molecule has 0 aliphatic carbocycles. The van der Waals surface area contributed by atoms with Crippen LogP contribution in [-0.4, -0.2) is 27.7 Å². The highest BCUT2D eigenvalue weighted by molar-refractivity contribution is 9.10. The van der Waals surface area contributed by atoms with Gasteiger partial charge < -0.3 is 14.9 Å². The SMILES string of the molecule is CC1OCCC1CNS(=O)(=O)c1cc(CN)oc1Br. The Balaban J connectivity index is 2.07. The number of hydrogen-bond donors (Lipinski definition) is 2. The number of nitrogens with two attached hydrogens (primary N) is 1. The molecule has 1 aromatic heterocycles. The summed E-state index contributed by atoms with van der Waals surface area (Å²) in [5, 5.41) is 0. The van der Waals surface area contributed by atoms with E-state index in [2.05, 4.69) is 20.7 Å². The zero-order chi connectivity index (χ0) is 14.0. The van der Waals surface area contributed by atoms with Gasteiger partial charge in [0.05, 0.1) is 12.6 Å². The summed E-state index contributed by atoms with van der Waals surface area (Å²) in [6, 6.07) is 1.43. The van der Waals surface area contributed by atoms with Gasteiger partial charge in [0, 0.05) is 25.1 Å². The quantitative estimate of drug-likeness (QED) is 0.830. The third-order valence-electron chi connectivity index (χ3n) is 3.27. The largest absolute Gasteiger partial charge is 0.452 e. The minimum absolute atomic E-state index is 0.0788. The summed E-state index contributed by atoms with van der Waals surface area (Å²) in [6.07, 6.45) is 0.944. The highest BCUT2D eigenvalue weighted by Gasteiger charge is 2.28. The van der Waals surface area contributed by atoms with E-state index in [0.717, 1.165) is 6.42 Å². The lowest BCUT2D eigenvalue weighted by molar-refractivity contribution is 0.107. The van der Waals surface area contributed by atoms with Gasteiger partial charge in [0.25, 0.3) is 0 Å². The number of halogens is 1. The molecule has 108 valence electrons. The van der Waals surface area contributed by atoms with E-state index in [-0.39, 0.29) is 28.1 Å². The van der Waals surface area contributed by atoms with Crippen LogP contribution in [0.5, 0.6) is 0 Å². The van der Waals surface area contributed by atoms with Crippen molar-refractivity contribution in [3.05, 3.63) is 16.5 Å². The maximum Gasteiger partial charge on any atom is 0.244 e. The molecule has 0 spiro atoms. The molecule has 0 aromatic carbocycles. The second kappa shape index (κ2) is 5.92. The minimum atomic E-state index is -3.59. The van der Waals surface area contributed by atoms with Crippen molar-refractivity contribution in [2.45, 2.75) is 30.9 Å². The van der Waals surface area contributed by atoms with Crippen LogP contribution in [0.1, 0.15) is 19.1 Å². The average Bonchev–Trinajstić information content (AvgIpc) is 2.93. The van der Waals surface area contributed by atoms with Crippen LogP contribution >= 0.6 is 15.9 Å². The van der Waals surface area contributed by atoms with Crippen molar-refractivity contribution in [2.75, 3.05) is 13.2 Å². The average molecular weight is 353 g/mol. The lowest BCUT2D eigenvalue weighted by Crippen LogP contribution is -2.32. The Morgan fingerprint density at radius 3 is 2.84 bits per heavy atom. The second-order valence-corrected chi connectivity index (χ2v) is 6.99. The lowest BCUT2D eigenvalue weighted by atomic mass is 10.0. The molecule has 3 N–H and O–H groups in total. The Morgan fingerprint density at radius 1 is 1.58 bits per heavy atom. The van der Waals surface area contributed by atoms with Gasteiger partial charge in [0.1, 0.15) is 10.7 Å². The number of rotatable bonds is 5. The van der Waals surface area contributed by atoms with Gasteiger partial charge in [-0.2, -0.15) is 0 Å². The van der Waals surface area contributed by atoms with Crippen LogP contribution in [0.3, 0.4) is 0 Å². The van der Waals surface area contributed by atoms with E-state index in [9.17, 15) is 8.42 Å². The smallest absolute Gasteiger partial charge is 0.244 e.